The molecule has 3 aromatic carbocycles. The molecule has 5 rings (SSSR count). The van der Waals surface area contributed by atoms with Gasteiger partial charge in [0, 0.05) is 0 Å². The molecule has 1 aliphatic heterocycles. The van der Waals surface area contributed by atoms with E-state index in [2.05, 4.69) is 15.3 Å². The number of rotatable bonds is 9. The summed E-state index contributed by atoms with van der Waals surface area (Å²) < 4.78 is 22.4. The molecule has 0 saturated heterocycles. The van der Waals surface area contributed by atoms with Gasteiger partial charge in [-0.3, -0.25) is 14.5 Å². The van der Waals surface area contributed by atoms with Gasteiger partial charge in [-0.25, -0.2) is 9.98 Å². The average Bonchev–Trinajstić information content (AvgIpc) is 3.54. The van der Waals surface area contributed by atoms with E-state index in [9.17, 15) is 9.59 Å². The monoisotopic (exact) mass is 590 g/mol. The van der Waals surface area contributed by atoms with Crippen molar-refractivity contribution in [1.29, 1.82) is 0 Å². The van der Waals surface area contributed by atoms with Gasteiger partial charge in [-0.2, -0.15) is 0 Å². The molecule has 0 fully saturated rings. The Morgan fingerprint density at radius 3 is 2.37 bits per heavy atom. The first-order valence-corrected chi connectivity index (χ1v) is 14.1. The first kappa shape index (κ1) is 28.0. The molecular weight excluding hydrogens is 564 g/mol. The predicted octanol–water partition coefficient (Wildman–Crippen LogP) is 5.45. The number of carbonyl (C=O) groups is 2. The average molecular weight is 591 g/mol. The Bertz CT molecular complexity index is 1640. The minimum Gasteiger partial charge on any atom is -0.497 e. The topological polar surface area (TPSA) is 112 Å². The van der Waals surface area contributed by atoms with E-state index in [0.717, 1.165) is 27.7 Å². The summed E-state index contributed by atoms with van der Waals surface area (Å²) in [5, 5.41) is 3.70. The fourth-order valence-corrected chi connectivity index (χ4v) is 5.83. The van der Waals surface area contributed by atoms with E-state index in [1.807, 2.05) is 48.5 Å². The minimum atomic E-state index is -0.326. The first-order valence-electron chi connectivity index (χ1n) is 12.3. The second-order valence-corrected chi connectivity index (χ2v) is 10.5. The van der Waals surface area contributed by atoms with Gasteiger partial charge in [-0.15, -0.1) is 0 Å². The fraction of sp³-hybridized carbons (Fsp3) is 0.172. The number of nitrogens with zero attached hydrogens (tertiary/aromatic N) is 3. The van der Waals surface area contributed by atoms with Gasteiger partial charge in [-0.05, 0) is 54.1 Å². The van der Waals surface area contributed by atoms with E-state index in [0.29, 0.717) is 38.8 Å². The molecule has 10 nitrogen and oxygen atoms in total. The van der Waals surface area contributed by atoms with Gasteiger partial charge in [0.05, 0.1) is 50.1 Å². The highest BCUT2D eigenvalue weighted by Gasteiger charge is 2.32. The number of aliphatic imine (C=N–C) groups is 1. The van der Waals surface area contributed by atoms with Gasteiger partial charge >= 0.3 is 0 Å². The van der Waals surface area contributed by atoms with Crippen LogP contribution in [0.15, 0.2) is 71.4 Å². The summed E-state index contributed by atoms with van der Waals surface area (Å²) in [6.45, 7) is 0. The van der Waals surface area contributed by atoms with Crippen LogP contribution in [-0.4, -0.2) is 56.2 Å². The molecule has 0 radical (unpaired) electrons. The number of anilines is 2. The van der Waals surface area contributed by atoms with Crippen LogP contribution in [0.5, 0.6) is 23.0 Å². The van der Waals surface area contributed by atoms with Crippen LogP contribution in [0, 0.1) is 0 Å². The number of nitrogens with one attached hydrogen (secondary N) is 1. The lowest BCUT2D eigenvalue weighted by Crippen LogP contribution is -2.31. The van der Waals surface area contributed by atoms with E-state index in [4.69, 9.17) is 18.9 Å². The molecule has 0 aliphatic carbocycles. The number of hydrogen-bond donors (Lipinski definition) is 1. The SMILES string of the molecule is COc1ccc2nc(NC(=O)CSC3=N/C(=C\c4cc(OC)c(OC)c(OC)c4)C(=O)N3c3ccccc3)sc2c1. The minimum absolute atomic E-state index is 0.0200. The molecule has 0 bridgehead atoms. The van der Waals surface area contributed by atoms with Crippen molar-refractivity contribution in [3.8, 4) is 23.0 Å². The molecule has 2 heterocycles. The zero-order valence-electron chi connectivity index (χ0n) is 22.7. The van der Waals surface area contributed by atoms with Crippen molar-refractivity contribution in [3.05, 3.63) is 71.9 Å². The molecule has 2 amide bonds. The Kier molecular flexibility index (Phi) is 8.41. The van der Waals surface area contributed by atoms with Crippen molar-refractivity contribution in [1.82, 2.24) is 4.98 Å². The number of aromatic nitrogens is 1. The van der Waals surface area contributed by atoms with Gasteiger partial charge in [0.25, 0.3) is 5.91 Å². The van der Waals surface area contributed by atoms with Crippen LogP contribution < -0.4 is 29.2 Å². The van der Waals surface area contributed by atoms with Crippen LogP contribution in [0.2, 0.25) is 0 Å². The second-order valence-electron chi connectivity index (χ2n) is 8.55. The number of methoxy groups -OCH3 is 4. The highest BCUT2D eigenvalue weighted by atomic mass is 32.2. The number of benzene rings is 3. The van der Waals surface area contributed by atoms with Crippen LogP contribution in [0.1, 0.15) is 5.56 Å². The van der Waals surface area contributed by atoms with Crippen LogP contribution in [0.3, 0.4) is 0 Å². The maximum Gasteiger partial charge on any atom is 0.283 e. The molecule has 1 aromatic heterocycles. The zero-order valence-corrected chi connectivity index (χ0v) is 24.3. The predicted molar refractivity (Wildman–Crippen MR) is 163 cm³/mol. The van der Waals surface area contributed by atoms with Crippen molar-refractivity contribution in [2.24, 2.45) is 4.99 Å². The lowest BCUT2D eigenvalue weighted by atomic mass is 10.1. The third-order valence-electron chi connectivity index (χ3n) is 6.01. The number of para-hydroxylation sites is 1. The van der Waals surface area contributed by atoms with Gasteiger partial charge in [0.2, 0.25) is 11.7 Å². The lowest BCUT2D eigenvalue weighted by Gasteiger charge is -2.17. The molecule has 41 heavy (non-hydrogen) atoms. The summed E-state index contributed by atoms with van der Waals surface area (Å²) in [6.07, 6.45) is 1.64. The van der Waals surface area contributed by atoms with Crippen molar-refractivity contribution in [2.75, 3.05) is 44.4 Å². The molecule has 1 N–H and O–H groups in total. The number of amidine groups is 1. The number of amides is 2. The third kappa shape index (κ3) is 5.98. The van der Waals surface area contributed by atoms with E-state index < -0.39 is 0 Å². The van der Waals surface area contributed by atoms with E-state index in [-0.39, 0.29) is 23.3 Å². The molecule has 4 aromatic rings. The van der Waals surface area contributed by atoms with Gasteiger partial charge in [0.1, 0.15) is 11.4 Å². The molecule has 0 unspecified atom stereocenters. The zero-order chi connectivity index (χ0) is 28.9. The van der Waals surface area contributed by atoms with Crippen molar-refractivity contribution < 1.29 is 28.5 Å². The van der Waals surface area contributed by atoms with Crippen LogP contribution >= 0.6 is 23.1 Å². The summed E-state index contributed by atoms with van der Waals surface area (Å²) in [6, 6.07) is 18.1. The Hall–Kier alpha value is -4.55. The number of carbonyl (C=O) groups excluding carboxylic acids is 2. The second kappa shape index (κ2) is 12.3. The summed E-state index contributed by atoms with van der Waals surface area (Å²) >= 11 is 2.51. The number of ether oxygens (including phenoxy) is 4. The largest absolute Gasteiger partial charge is 0.497 e. The van der Waals surface area contributed by atoms with Crippen molar-refractivity contribution in [2.45, 2.75) is 0 Å². The summed E-state index contributed by atoms with van der Waals surface area (Å²) in [7, 11) is 6.17. The number of fused-ring (bicyclic) bond motifs is 1. The van der Waals surface area contributed by atoms with Crippen molar-refractivity contribution in [3.63, 3.8) is 0 Å². The van der Waals surface area contributed by atoms with Gasteiger partial charge in [-0.1, -0.05) is 41.3 Å². The van der Waals surface area contributed by atoms with E-state index in [1.54, 1.807) is 25.3 Å². The summed E-state index contributed by atoms with van der Waals surface area (Å²) in [5.41, 5.74) is 2.24. The molecule has 0 atom stereocenters. The molecule has 12 heteroatoms. The highest BCUT2D eigenvalue weighted by Crippen LogP contribution is 2.39. The molecule has 0 saturated carbocycles. The quantitative estimate of drug-likeness (QED) is 0.256. The standard InChI is InChI=1S/C29H26N4O6S2/c1-36-19-10-11-20-24(15-19)41-28(30-20)32-25(34)16-40-29-31-21(27(35)33(29)18-8-6-5-7-9-18)12-17-13-22(37-2)26(39-4)23(14-17)38-3/h5-15H,16H2,1-4H3,(H,30,32,34)/b21-12-. The maximum atomic E-state index is 13.6. The Morgan fingerprint density at radius 1 is 0.976 bits per heavy atom. The molecule has 0 spiro atoms. The fourth-order valence-electron chi connectivity index (χ4n) is 4.11. The van der Waals surface area contributed by atoms with Crippen LogP contribution in [0.25, 0.3) is 16.3 Å². The van der Waals surface area contributed by atoms with Crippen LogP contribution in [-0.2, 0) is 9.59 Å². The Morgan fingerprint density at radius 2 is 1.71 bits per heavy atom. The first-order chi connectivity index (χ1) is 19.9. The van der Waals surface area contributed by atoms with E-state index >= 15 is 0 Å². The highest BCUT2D eigenvalue weighted by molar-refractivity contribution is 8.14. The maximum absolute atomic E-state index is 13.6. The Balaban J connectivity index is 1.39. The summed E-state index contributed by atoms with van der Waals surface area (Å²) in [4.78, 5) is 37.0. The lowest BCUT2D eigenvalue weighted by molar-refractivity contribution is -0.114. The number of thiazole rings is 1. The van der Waals surface area contributed by atoms with E-state index in [1.165, 1.54) is 37.6 Å². The van der Waals surface area contributed by atoms with Crippen molar-refractivity contribution >= 4 is 67.2 Å². The normalized spacial score (nSPS) is 13.9. The molecule has 1 aliphatic rings. The third-order valence-corrected chi connectivity index (χ3v) is 7.88. The van der Waals surface area contributed by atoms with Gasteiger partial charge < -0.3 is 24.3 Å². The Labute approximate surface area is 244 Å². The van der Waals surface area contributed by atoms with Crippen LogP contribution in [0.4, 0.5) is 10.8 Å². The summed E-state index contributed by atoms with van der Waals surface area (Å²) in [5.74, 6) is 1.49. The molecular formula is C29H26N4O6S2. The number of thioether (sulfide) groups is 1. The number of hydrogen-bond acceptors (Lipinski definition) is 10. The van der Waals surface area contributed by atoms with Gasteiger partial charge in [0.15, 0.2) is 21.8 Å². The molecule has 210 valence electrons. The smallest absolute Gasteiger partial charge is 0.283 e.